The number of hydrogen-bond acceptors (Lipinski definition) is 3. The van der Waals surface area contributed by atoms with Gasteiger partial charge in [0.2, 0.25) is 0 Å². The molecule has 2 aromatic rings. The number of methoxy groups -OCH3 is 1. The summed E-state index contributed by atoms with van der Waals surface area (Å²) in [7, 11) is 5.70. The van der Waals surface area contributed by atoms with Crippen LogP contribution in [0.3, 0.4) is 0 Å². The van der Waals surface area contributed by atoms with Gasteiger partial charge in [0.1, 0.15) is 0 Å². The van der Waals surface area contributed by atoms with Crippen molar-refractivity contribution >= 4 is 29.9 Å². The monoisotopic (exact) mass is 510 g/mol. The van der Waals surface area contributed by atoms with Crippen molar-refractivity contribution in [2.45, 2.75) is 39.1 Å². The van der Waals surface area contributed by atoms with E-state index in [0.29, 0.717) is 12.6 Å². The van der Waals surface area contributed by atoms with Gasteiger partial charge in [-0.05, 0) is 37.1 Å². The van der Waals surface area contributed by atoms with E-state index in [1.807, 2.05) is 7.05 Å². The Bertz CT molecular complexity index is 707. The van der Waals surface area contributed by atoms with E-state index in [2.05, 4.69) is 89.1 Å². The molecule has 0 aliphatic carbocycles. The molecule has 5 nitrogen and oxygen atoms in total. The predicted molar refractivity (Wildman–Crippen MR) is 133 cm³/mol. The summed E-state index contributed by atoms with van der Waals surface area (Å²) in [4.78, 5) is 6.70. The third-order valence-corrected chi connectivity index (χ3v) is 4.90. The zero-order chi connectivity index (χ0) is 20.2. The smallest absolute Gasteiger partial charge is 0.191 e. The van der Waals surface area contributed by atoms with E-state index in [0.717, 1.165) is 32.0 Å². The van der Waals surface area contributed by atoms with E-state index in [9.17, 15) is 0 Å². The molecule has 0 spiro atoms. The van der Waals surface area contributed by atoms with Crippen LogP contribution < -0.4 is 10.6 Å². The molecule has 0 aliphatic rings. The third kappa shape index (κ3) is 9.60. The maximum atomic E-state index is 5.15. The number of nitrogens with one attached hydrogen (secondary N) is 2. The van der Waals surface area contributed by atoms with Crippen molar-refractivity contribution < 1.29 is 4.74 Å². The molecule has 0 saturated carbocycles. The fourth-order valence-electron chi connectivity index (χ4n) is 2.97. The molecule has 29 heavy (non-hydrogen) atoms. The third-order valence-electron chi connectivity index (χ3n) is 4.90. The number of guanidine groups is 1. The van der Waals surface area contributed by atoms with Crippen molar-refractivity contribution in [3.05, 3.63) is 71.3 Å². The van der Waals surface area contributed by atoms with Crippen molar-refractivity contribution in [3.8, 4) is 0 Å². The van der Waals surface area contributed by atoms with Crippen LogP contribution in [0.15, 0.2) is 59.6 Å². The predicted octanol–water partition coefficient (Wildman–Crippen LogP) is 4.03. The largest absolute Gasteiger partial charge is 0.380 e. The van der Waals surface area contributed by atoms with Gasteiger partial charge >= 0.3 is 0 Å². The summed E-state index contributed by atoms with van der Waals surface area (Å²) in [6.07, 6.45) is 1.05. The van der Waals surface area contributed by atoms with Crippen LogP contribution >= 0.6 is 24.0 Å². The van der Waals surface area contributed by atoms with Crippen molar-refractivity contribution in [3.63, 3.8) is 0 Å². The first kappa shape index (κ1) is 25.4. The average Bonchev–Trinajstić information content (AvgIpc) is 2.72. The highest BCUT2D eigenvalue weighted by atomic mass is 127. The highest BCUT2D eigenvalue weighted by Gasteiger charge is 2.09. The summed E-state index contributed by atoms with van der Waals surface area (Å²) >= 11 is 0. The number of rotatable bonds is 10. The van der Waals surface area contributed by atoms with E-state index < -0.39 is 0 Å². The van der Waals surface area contributed by atoms with Crippen LogP contribution in [-0.2, 0) is 24.4 Å². The fourth-order valence-corrected chi connectivity index (χ4v) is 2.97. The molecule has 0 fully saturated rings. The van der Waals surface area contributed by atoms with Gasteiger partial charge in [0.05, 0.1) is 6.61 Å². The summed E-state index contributed by atoms with van der Waals surface area (Å²) in [5.41, 5.74) is 3.75. The van der Waals surface area contributed by atoms with Gasteiger partial charge in [0, 0.05) is 39.8 Å². The molecule has 0 heterocycles. The summed E-state index contributed by atoms with van der Waals surface area (Å²) in [5, 5.41) is 6.79. The number of nitrogens with zero attached hydrogens (tertiary/aromatic N) is 2. The van der Waals surface area contributed by atoms with E-state index >= 15 is 0 Å². The molecule has 0 aromatic heterocycles. The van der Waals surface area contributed by atoms with Gasteiger partial charge in [0.15, 0.2) is 5.96 Å². The minimum Gasteiger partial charge on any atom is -0.380 e. The molecule has 2 rings (SSSR count). The number of hydrogen-bond donors (Lipinski definition) is 2. The van der Waals surface area contributed by atoms with Gasteiger partial charge in [-0.3, -0.25) is 9.89 Å². The van der Waals surface area contributed by atoms with Crippen LogP contribution in [0, 0.1) is 0 Å². The molecular formula is C23H35IN4O. The fraction of sp³-hybridized carbons (Fsp3) is 0.435. The molecule has 0 bridgehead atoms. The van der Waals surface area contributed by atoms with E-state index in [1.54, 1.807) is 7.11 Å². The Hall–Kier alpha value is -1.64. The topological polar surface area (TPSA) is 48.9 Å². The molecule has 0 aliphatic heterocycles. The average molecular weight is 510 g/mol. The van der Waals surface area contributed by atoms with Gasteiger partial charge in [-0.2, -0.15) is 0 Å². The van der Waals surface area contributed by atoms with E-state index in [-0.39, 0.29) is 24.0 Å². The van der Waals surface area contributed by atoms with Crippen LogP contribution in [0.25, 0.3) is 0 Å². The highest BCUT2D eigenvalue weighted by Crippen LogP contribution is 2.08. The SMILES string of the molecule is CN=C(NCCC(C)N(C)Cc1ccccc1)NCc1ccc(COC)cc1.I. The lowest BCUT2D eigenvalue weighted by Crippen LogP contribution is -2.39. The lowest BCUT2D eigenvalue weighted by molar-refractivity contribution is 0.185. The summed E-state index contributed by atoms with van der Waals surface area (Å²) < 4.78 is 5.15. The Balaban J connectivity index is 0.00000420. The summed E-state index contributed by atoms with van der Waals surface area (Å²) in [6, 6.07) is 19.5. The standard InChI is InChI=1S/C23H34N4O.HI/c1-19(27(3)17-21-8-6-5-7-9-21)14-15-25-23(24-2)26-16-20-10-12-22(13-11-20)18-28-4;/h5-13,19H,14-18H2,1-4H3,(H2,24,25,26);1H. The van der Waals surface area contributed by atoms with Crippen molar-refractivity contribution in [2.24, 2.45) is 4.99 Å². The van der Waals surface area contributed by atoms with Crippen molar-refractivity contribution in [1.82, 2.24) is 15.5 Å². The maximum absolute atomic E-state index is 5.15. The highest BCUT2D eigenvalue weighted by molar-refractivity contribution is 14.0. The second-order valence-corrected chi connectivity index (χ2v) is 7.14. The molecule has 1 atom stereocenters. The normalized spacial score (nSPS) is 12.4. The van der Waals surface area contributed by atoms with Crippen LogP contribution in [0.5, 0.6) is 0 Å². The Morgan fingerprint density at radius 1 is 1.00 bits per heavy atom. The molecule has 160 valence electrons. The van der Waals surface area contributed by atoms with Gasteiger partial charge < -0.3 is 15.4 Å². The second kappa shape index (κ2) is 14.4. The lowest BCUT2D eigenvalue weighted by Gasteiger charge is -2.25. The van der Waals surface area contributed by atoms with Gasteiger partial charge in [-0.15, -0.1) is 24.0 Å². The van der Waals surface area contributed by atoms with Gasteiger partial charge in [-0.25, -0.2) is 0 Å². The molecule has 2 N–H and O–H groups in total. The molecule has 2 aromatic carbocycles. The van der Waals surface area contributed by atoms with Crippen LogP contribution in [0.4, 0.5) is 0 Å². The Morgan fingerprint density at radius 2 is 1.66 bits per heavy atom. The molecule has 1 unspecified atom stereocenters. The number of benzene rings is 2. The van der Waals surface area contributed by atoms with Gasteiger partial charge in [0.25, 0.3) is 0 Å². The van der Waals surface area contributed by atoms with Gasteiger partial charge in [-0.1, -0.05) is 54.6 Å². The minimum absolute atomic E-state index is 0. The Morgan fingerprint density at radius 3 is 2.28 bits per heavy atom. The quantitative estimate of drug-likeness (QED) is 0.288. The van der Waals surface area contributed by atoms with Crippen molar-refractivity contribution in [2.75, 3.05) is 27.7 Å². The minimum atomic E-state index is 0. The molecule has 6 heteroatoms. The zero-order valence-electron chi connectivity index (χ0n) is 18.0. The lowest BCUT2D eigenvalue weighted by atomic mass is 10.1. The van der Waals surface area contributed by atoms with Crippen LogP contribution in [0.1, 0.15) is 30.0 Å². The van der Waals surface area contributed by atoms with E-state index in [4.69, 9.17) is 4.74 Å². The first-order valence-electron chi connectivity index (χ1n) is 9.87. The molecule has 0 amide bonds. The van der Waals surface area contributed by atoms with E-state index in [1.165, 1.54) is 16.7 Å². The molecule has 0 saturated heterocycles. The van der Waals surface area contributed by atoms with Crippen LogP contribution in [-0.4, -0.2) is 44.7 Å². The Labute approximate surface area is 193 Å². The van der Waals surface area contributed by atoms with Crippen LogP contribution in [0.2, 0.25) is 0 Å². The number of aliphatic imine (C=N–C) groups is 1. The number of halogens is 1. The number of ether oxygens (including phenoxy) is 1. The first-order chi connectivity index (χ1) is 13.6. The zero-order valence-corrected chi connectivity index (χ0v) is 20.4. The first-order valence-corrected chi connectivity index (χ1v) is 9.87. The Kier molecular flexibility index (Phi) is 12.6. The molecule has 0 radical (unpaired) electrons. The summed E-state index contributed by atoms with van der Waals surface area (Å²) in [6.45, 7) is 5.51. The maximum Gasteiger partial charge on any atom is 0.191 e. The summed E-state index contributed by atoms with van der Waals surface area (Å²) in [5.74, 6) is 0.832. The molecular weight excluding hydrogens is 475 g/mol. The second-order valence-electron chi connectivity index (χ2n) is 7.14. The van der Waals surface area contributed by atoms with Crippen molar-refractivity contribution in [1.29, 1.82) is 0 Å².